The molecule has 1 atom stereocenters. The summed E-state index contributed by atoms with van der Waals surface area (Å²) in [7, 11) is 4.63. The molecule has 0 aliphatic carbocycles. The summed E-state index contributed by atoms with van der Waals surface area (Å²) < 4.78 is 15.9. The van der Waals surface area contributed by atoms with Gasteiger partial charge in [0, 0.05) is 32.2 Å². The summed E-state index contributed by atoms with van der Waals surface area (Å²) in [5.41, 5.74) is 2.22. The van der Waals surface area contributed by atoms with Gasteiger partial charge in [0.15, 0.2) is 11.5 Å². The second-order valence-corrected chi connectivity index (χ2v) is 8.48. The van der Waals surface area contributed by atoms with Crippen LogP contribution >= 0.6 is 0 Å². The summed E-state index contributed by atoms with van der Waals surface area (Å²) in [6, 6.07) is 10.8. The van der Waals surface area contributed by atoms with E-state index >= 15 is 0 Å². The minimum absolute atomic E-state index is 0.00689. The smallest absolute Gasteiger partial charge is 0.264 e. The molecule has 0 radical (unpaired) electrons. The van der Waals surface area contributed by atoms with Crippen LogP contribution in [-0.4, -0.2) is 63.6 Å². The van der Waals surface area contributed by atoms with E-state index in [4.69, 9.17) is 14.2 Å². The van der Waals surface area contributed by atoms with Crippen molar-refractivity contribution >= 4 is 23.4 Å². The van der Waals surface area contributed by atoms with Crippen molar-refractivity contribution in [2.24, 2.45) is 0 Å². The molecule has 2 aliphatic rings. The number of carbonyl (C=O) groups excluding carboxylic acids is 3. The Hall–Kier alpha value is -3.59. The van der Waals surface area contributed by atoms with Crippen LogP contribution in [0.5, 0.6) is 11.5 Å². The van der Waals surface area contributed by atoms with Crippen molar-refractivity contribution in [3.8, 4) is 11.5 Å². The monoisotopic (exact) mass is 481 g/mol. The number of benzene rings is 2. The third-order valence-corrected chi connectivity index (χ3v) is 6.41. The zero-order valence-corrected chi connectivity index (χ0v) is 20.3. The lowest BCUT2D eigenvalue weighted by atomic mass is 10.0. The molecule has 35 heavy (non-hydrogen) atoms. The van der Waals surface area contributed by atoms with E-state index < -0.39 is 6.17 Å². The maximum atomic E-state index is 13.7. The highest BCUT2D eigenvalue weighted by atomic mass is 16.5. The molecule has 2 aromatic carbocycles. The van der Waals surface area contributed by atoms with Gasteiger partial charge in [0.05, 0.1) is 37.6 Å². The highest BCUT2D eigenvalue weighted by Gasteiger charge is 2.49. The van der Waals surface area contributed by atoms with Gasteiger partial charge in [0.25, 0.3) is 11.8 Å². The minimum atomic E-state index is -0.558. The Morgan fingerprint density at radius 2 is 1.77 bits per heavy atom. The predicted octanol–water partition coefficient (Wildman–Crippen LogP) is 3.14. The van der Waals surface area contributed by atoms with Crippen LogP contribution in [-0.2, 0) is 9.53 Å². The molecule has 2 aromatic rings. The van der Waals surface area contributed by atoms with E-state index in [1.165, 1.54) is 14.2 Å². The number of hydrogen-bond acceptors (Lipinski definition) is 6. The molecule has 2 heterocycles. The molecule has 2 aliphatic heterocycles. The van der Waals surface area contributed by atoms with E-state index in [9.17, 15) is 14.4 Å². The van der Waals surface area contributed by atoms with Crippen LogP contribution in [0.1, 0.15) is 58.1 Å². The van der Waals surface area contributed by atoms with Crippen LogP contribution in [0.15, 0.2) is 36.4 Å². The third kappa shape index (κ3) is 4.55. The molecule has 9 heteroatoms. The van der Waals surface area contributed by atoms with E-state index in [1.54, 1.807) is 41.2 Å². The number of nitrogens with zero attached hydrogens (tertiary/aromatic N) is 2. The molecule has 0 saturated carbocycles. The fraction of sp³-hybridized carbons (Fsp3) is 0.423. The lowest BCUT2D eigenvalue weighted by Crippen LogP contribution is -2.48. The number of anilines is 1. The number of amides is 3. The molecule has 1 unspecified atom stereocenters. The van der Waals surface area contributed by atoms with E-state index in [0.29, 0.717) is 72.8 Å². The quantitative estimate of drug-likeness (QED) is 0.495. The lowest BCUT2D eigenvalue weighted by molar-refractivity contribution is -0.121. The summed E-state index contributed by atoms with van der Waals surface area (Å²) in [5, 5.41) is 2.81. The van der Waals surface area contributed by atoms with Gasteiger partial charge in [-0.2, -0.15) is 0 Å². The summed E-state index contributed by atoms with van der Waals surface area (Å²) in [6.45, 7) is 1.44. The molecule has 9 nitrogen and oxygen atoms in total. The van der Waals surface area contributed by atoms with Crippen molar-refractivity contribution in [3.05, 3.63) is 53.1 Å². The molecular formula is C26H31N3O6. The molecule has 0 spiro atoms. The molecule has 0 fully saturated rings. The molecule has 0 saturated heterocycles. The van der Waals surface area contributed by atoms with Crippen LogP contribution in [0.2, 0.25) is 0 Å². The van der Waals surface area contributed by atoms with Crippen LogP contribution in [0.25, 0.3) is 0 Å². The van der Waals surface area contributed by atoms with Crippen molar-refractivity contribution in [1.82, 2.24) is 10.2 Å². The highest BCUT2D eigenvalue weighted by Crippen LogP contribution is 2.49. The number of rotatable bonds is 11. The van der Waals surface area contributed by atoms with E-state index in [1.807, 2.05) is 12.1 Å². The largest absolute Gasteiger partial charge is 0.493 e. The van der Waals surface area contributed by atoms with Gasteiger partial charge in [-0.3, -0.25) is 19.3 Å². The molecule has 0 bridgehead atoms. The predicted molar refractivity (Wildman–Crippen MR) is 130 cm³/mol. The van der Waals surface area contributed by atoms with Crippen molar-refractivity contribution in [2.75, 3.05) is 45.9 Å². The van der Waals surface area contributed by atoms with Gasteiger partial charge in [-0.1, -0.05) is 24.6 Å². The lowest BCUT2D eigenvalue weighted by Gasteiger charge is -2.41. The van der Waals surface area contributed by atoms with Crippen LogP contribution < -0.4 is 19.7 Å². The summed E-state index contributed by atoms with van der Waals surface area (Å²) >= 11 is 0. The first-order valence-electron chi connectivity index (χ1n) is 11.8. The number of fused-ring (bicyclic) bond motifs is 5. The minimum Gasteiger partial charge on any atom is -0.493 e. The van der Waals surface area contributed by atoms with Crippen LogP contribution in [0.3, 0.4) is 0 Å². The first-order chi connectivity index (χ1) is 17.0. The van der Waals surface area contributed by atoms with Gasteiger partial charge in [0.2, 0.25) is 5.91 Å². The van der Waals surface area contributed by atoms with Crippen LogP contribution in [0, 0.1) is 0 Å². The molecule has 186 valence electrons. The fourth-order valence-electron chi connectivity index (χ4n) is 4.78. The standard InChI is InChI=1S/C26H31N3O6/c1-33-16-14-27-21(30)11-5-4-8-15-28-24-18-12-13-20(34-2)23(35-3)22(18)26(32)29(24)19-10-7-6-9-17(19)25(28)31/h6-7,9-10,12-13,24H,4-5,8,11,14-16H2,1-3H3,(H,27,30). The second kappa shape index (κ2) is 10.8. The number of nitrogens with one attached hydrogen (secondary N) is 1. The van der Waals surface area contributed by atoms with Gasteiger partial charge in [0.1, 0.15) is 6.17 Å². The maximum Gasteiger partial charge on any atom is 0.264 e. The average molecular weight is 482 g/mol. The Kier molecular flexibility index (Phi) is 7.55. The SMILES string of the molecule is COCCNC(=O)CCCCCN1C(=O)c2ccccc2N2C(=O)c3c(ccc(OC)c3OC)C12. The summed E-state index contributed by atoms with van der Waals surface area (Å²) in [6.07, 6.45) is 2.07. The first-order valence-corrected chi connectivity index (χ1v) is 11.8. The fourth-order valence-corrected chi connectivity index (χ4v) is 4.78. The van der Waals surface area contributed by atoms with E-state index in [-0.39, 0.29) is 17.7 Å². The Bertz CT molecular complexity index is 1120. The van der Waals surface area contributed by atoms with Gasteiger partial charge < -0.3 is 24.4 Å². The van der Waals surface area contributed by atoms with Crippen LogP contribution in [0.4, 0.5) is 5.69 Å². The average Bonchev–Trinajstić information content (AvgIpc) is 3.17. The van der Waals surface area contributed by atoms with Crippen molar-refractivity contribution in [1.29, 1.82) is 0 Å². The number of para-hydroxylation sites is 1. The summed E-state index contributed by atoms with van der Waals surface area (Å²) in [5.74, 6) is 0.490. The number of ether oxygens (including phenoxy) is 3. The zero-order chi connectivity index (χ0) is 24.9. The first kappa shape index (κ1) is 24.5. The third-order valence-electron chi connectivity index (χ3n) is 6.41. The van der Waals surface area contributed by atoms with Gasteiger partial charge in [-0.25, -0.2) is 0 Å². The van der Waals surface area contributed by atoms with E-state index in [2.05, 4.69) is 5.32 Å². The zero-order valence-electron chi connectivity index (χ0n) is 20.3. The van der Waals surface area contributed by atoms with Gasteiger partial charge >= 0.3 is 0 Å². The van der Waals surface area contributed by atoms with Crippen molar-refractivity contribution in [3.63, 3.8) is 0 Å². The van der Waals surface area contributed by atoms with E-state index in [0.717, 1.165) is 6.42 Å². The molecular weight excluding hydrogens is 450 g/mol. The number of methoxy groups -OCH3 is 3. The van der Waals surface area contributed by atoms with Crippen molar-refractivity contribution < 1.29 is 28.6 Å². The maximum absolute atomic E-state index is 13.7. The molecule has 3 amide bonds. The normalized spacial score (nSPS) is 16.0. The summed E-state index contributed by atoms with van der Waals surface area (Å²) in [4.78, 5) is 42.5. The Labute approximate surface area is 204 Å². The van der Waals surface area contributed by atoms with Gasteiger partial charge in [-0.05, 0) is 31.0 Å². The topological polar surface area (TPSA) is 97.4 Å². The Balaban J connectivity index is 1.55. The molecule has 1 N–H and O–H groups in total. The molecule has 0 aromatic heterocycles. The number of hydrogen-bond donors (Lipinski definition) is 1. The van der Waals surface area contributed by atoms with Crippen molar-refractivity contribution in [2.45, 2.75) is 31.8 Å². The molecule has 4 rings (SSSR count). The number of carbonyl (C=O) groups is 3. The Morgan fingerprint density at radius 3 is 2.51 bits per heavy atom. The number of unbranched alkanes of at least 4 members (excludes halogenated alkanes) is 2. The Morgan fingerprint density at radius 1 is 0.971 bits per heavy atom. The van der Waals surface area contributed by atoms with Gasteiger partial charge in [-0.15, -0.1) is 0 Å². The second-order valence-electron chi connectivity index (χ2n) is 8.48. The highest BCUT2D eigenvalue weighted by molar-refractivity contribution is 6.18.